The van der Waals surface area contributed by atoms with Gasteiger partial charge in [0.15, 0.2) is 0 Å². The average molecular weight is 307 g/mol. The van der Waals surface area contributed by atoms with E-state index in [9.17, 15) is 4.79 Å². The smallest absolute Gasteiger partial charge is 0.227 e. The molecule has 2 aliphatic rings. The Bertz CT molecular complexity index is 488. The fourth-order valence-corrected chi connectivity index (χ4v) is 3.93. The number of nitrogens with zero attached hydrogens (tertiary/aromatic N) is 1. The molecule has 1 aliphatic heterocycles. The van der Waals surface area contributed by atoms with Gasteiger partial charge in [0, 0.05) is 6.54 Å². The predicted molar refractivity (Wildman–Crippen MR) is 82.4 cm³/mol. The van der Waals surface area contributed by atoms with E-state index in [1.54, 1.807) is 17.4 Å². The predicted octanol–water partition coefficient (Wildman–Crippen LogP) is 2.25. The Balaban J connectivity index is 1.64. The highest BCUT2D eigenvalue weighted by atomic mass is 32.1. The summed E-state index contributed by atoms with van der Waals surface area (Å²) in [5.74, 6) is 0.205. The maximum Gasteiger partial charge on any atom is 0.227 e. The number of morpholine rings is 1. The molecule has 2 heterocycles. The lowest BCUT2D eigenvalue weighted by atomic mass is 10.1. The summed E-state index contributed by atoms with van der Waals surface area (Å²) in [4.78, 5) is 14.5. The number of carbonyl (C=O) groups is 1. The van der Waals surface area contributed by atoms with Gasteiger partial charge in [-0.1, -0.05) is 6.08 Å². The van der Waals surface area contributed by atoms with Crippen molar-refractivity contribution < 1.29 is 14.3 Å². The van der Waals surface area contributed by atoms with Crippen LogP contribution in [0.2, 0.25) is 0 Å². The van der Waals surface area contributed by atoms with Crippen molar-refractivity contribution in [3.8, 4) is 0 Å². The van der Waals surface area contributed by atoms with E-state index in [-0.39, 0.29) is 24.2 Å². The monoisotopic (exact) mass is 307 g/mol. The molecule has 0 aromatic carbocycles. The first-order chi connectivity index (χ1) is 10.3. The summed E-state index contributed by atoms with van der Waals surface area (Å²) in [6.45, 7) is 5.52. The van der Waals surface area contributed by atoms with E-state index < -0.39 is 0 Å². The number of thiophene rings is 1. The van der Waals surface area contributed by atoms with E-state index in [2.05, 4.69) is 6.58 Å². The number of hydrogen-bond donors (Lipinski definition) is 0. The maximum absolute atomic E-state index is 12.5. The minimum atomic E-state index is 0.0186. The second kappa shape index (κ2) is 6.73. The molecule has 21 heavy (non-hydrogen) atoms. The van der Waals surface area contributed by atoms with Gasteiger partial charge < -0.3 is 14.4 Å². The van der Waals surface area contributed by atoms with Crippen molar-refractivity contribution in [1.82, 2.24) is 4.90 Å². The zero-order valence-corrected chi connectivity index (χ0v) is 12.9. The minimum absolute atomic E-state index is 0.0186. The van der Waals surface area contributed by atoms with Gasteiger partial charge in [0.2, 0.25) is 5.91 Å². The molecule has 1 saturated carbocycles. The van der Waals surface area contributed by atoms with Crippen molar-refractivity contribution in [2.75, 3.05) is 19.8 Å². The van der Waals surface area contributed by atoms with Crippen LogP contribution < -0.4 is 0 Å². The standard InChI is InChI=1S/C16H21NO3S/c1-2-7-19-14-4-3-13-16(14)20-8-6-17(13)15(18)10-12-5-9-21-11-12/h2,5,9,11,13-14,16H,1,3-4,6-8,10H2/t13-,14-,16-/m0/s1. The maximum atomic E-state index is 12.5. The number of ether oxygens (including phenoxy) is 2. The highest BCUT2D eigenvalue weighted by Crippen LogP contribution is 2.32. The fourth-order valence-electron chi connectivity index (χ4n) is 3.26. The van der Waals surface area contributed by atoms with Gasteiger partial charge in [-0.2, -0.15) is 11.3 Å². The molecule has 1 aliphatic carbocycles. The molecule has 5 heteroatoms. The summed E-state index contributed by atoms with van der Waals surface area (Å²) >= 11 is 1.63. The Hall–Kier alpha value is -1.17. The average Bonchev–Trinajstić information content (AvgIpc) is 3.14. The van der Waals surface area contributed by atoms with Crippen LogP contribution in [0.1, 0.15) is 18.4 Å². The third-order valence-corrected chi connectivity index (χ3v) is 4.95. The van der Waals surface area contributed by atoms with Crippen molar-refractivity contribution in [3.05, 3.63) is 35.0 Å². The van der Waals surface area contributed by atoms with E-state index in [1.165, 1.54) is 0 Å². The van der Waals surface area contributed by atoms with Crippen LogP contribution in [-0.2, 0) is 20.7 Å². The quantitative estimate of drug-likeness (QED) is 0.783. The Kier molecular flexibility index (Phi) is 4.73. The van der Waals surface area contributed by atoms with E-state index in [1.807, 2.05) is 21.7 Å². The lowest BCUT2D eigenvalue weighted by molar-refractivity contribution is -0.150. The van der Waals surface area contributed by atoms with Crippen LogP contribution in [0.25, 0.3) is 0 Å². The van der Waals surface area contributed by atoms with Crippen LogP contribution in [0.15, 0.2) is 29.5 Å². The Morgan fingerprint density at radius 2 is 2.48 bits per heavy atom. The molecule has 3 rings (SSSR count). The summed E-state index contributed by atoms with van der Waals surface area (Å²) in [5.41, 5.74) is 1.10. The van der Waals surface area contributed by atoms with Crippen LogP contribution in [-0.4, -0.2) is 48.8 Å². The molecule has 1 amide bonds. The number of fused-ring (bicyclic) bond motifs is 1. The van der Waals surface area contributed by atoms with E-state index in [0.29, 0.717) is 26.2 Å². The van der Waals surface area contributed by atoms with Crippen LogP contribution in [0, 0.1) is 0 Å². The first-order valence-electron chi connectivity index (χ1n) is 7.44. The molecule has 0 bridgehead atoms. The summed E-state index contributed by atoms with van der Waals surface area (Å²) in [6, 6.07) is 2.19. The van der Waals surface area contributed by atoms with Gasteiger partial charge in [0.05, 0.1) is 31.8 Å². The van der Waals surface area contributed by atoms with Gasteiger partial charge in [0.25, 0.3) is 0 Å². The number of hydrogen-bond acceptors (Lipinski definition) is 4. The number of carbonyl (C=O) groups excluding carboxylic acids is 1. The molecule has 0 unspecified atom stereocenters. The van der Waals surface area contributed by atoms with Crippen molar-refractivity contribution in [1.29, 1.82) is 0 Å². The molecule has 3 atom stereocenters. The first-order valence-corrected chi connectivity index (χ1v) is 8.38. The third kappa shape index (κ3) is 3.20. The van der Waals surface area contributed by atoms with Gasteiger partial charge in [-0.15, -0.1) is 6.58 Å². The molecule has 4 nitrogen and oxygen atoms in total. The Morgan fingerprint density at radius 3 is 3.24 bits per heavy atom. The molecule has 0 spiro atoms. The van der Waals surface area contributed by atoms with Crippen molar-refractivity contribution >= 4 is 17.2 Å². The first kappa shape index (κ1) is 14.8. The zero-order valence-electron chi connectivity index (χ0n) is 12.1. The van der Waals surface area contributed by atoms with Crippen molar-refractivity contribution in [2.24, 2.45) is 0 Å². The third-order valence-electron chi connectivity index (χ3n) is 4.22. The highest BCUT2D eigenvalue weighted by molar-refractivity contribution is 7.07. The molecule has 1 aromatic rings. The Labute approximate surface area is 129 Å². The second-order valence-corrected chi connectivity index (χ2v) is 6.32. The van der Waals surface area contributed by atoms with E-state index >= 15 is 0 Å². The lowest BCUT2D eigenvalue weighted by Gasteiger charge is -2.39. The second-order valence-electron chi connectivity index (χ2n) is 5.54. The molecular formula is C16H21NO3S. The van der Waals surface area contributed by atoms with Crippen molar-refractivity contribution in [3.63, 3.8) is 0 Å². The van der Waals surface area contributed by atoms with E-state index in [0.717, 1.165) is 18.4 Å². The fraction of sp³-hybridized carbons (Fsp3) is 0.562. The molecule has 0 radical (unpaired) electrons. The summed E-state index contributed by atoms with van der Waals surface area (Å²) < 4.78 is 11.7. The molecule has 1 saturated heterocycles. The topological polar surface area (TPSA) is 38.8 Å². The van der Waals surface area contributed by atoms with Gasteiger partial charge in [0.1, 0.15) is 6.10 Å². The van der Waals surface area contributed by atoms with Gasteiger partial charge in [-0.3, -0.25) is 4.79 Å². The van der Waals surface area contributed by atoms with Gasteiger partial charge in [-0.05, 0) is 35.2 Å². The molecule has 1 aromatic heterocycles. The molecule has 2 fully saturated rings. The van der Waals surface area contributed by atoms with Crippen LogP contribution in [0.5, 0.6) is 0 Å². The SMILES string of the molecule is C=CCO[C@H]1CC[C@H]2[C@@H]1OCCN2C(=O)Cc1ccsc1. The van der Waals surface area contributed by atoms with Crippen LogP contribution in [0.4, 0.5) is 0 Å². The van der Waals surface area contributed by atoms with E-state index in [4.69, 9.17) is 9.47 Å². The van der Waals surface area contributed by atoms with Crippen LogP contribution in [0.3, 0.4) is 0 Å². The van der Waals surface area contributed by atoms with Crippen LogP contribution >= 0.6 is 11.3 Å². The Morgan fingerprint density at radius 1 is 1.57 bits per heavy atom. The lowest BCUT2D eigenvalue weighted by Crippen LogP contribution is -2.54. The number of amides is 1. The highest BCUT2D eigenvalue weighted by Gasteiger charge is 2.44. The zero-order chi connectivity index (χ0) is 14.7. The number of rotatable bonds is 5. The molecular weight excluding hydrogens is 286 g/mol. The van der Waals surface area contributed by atoms with Crippen molar-refractivity contribution in [2.45, 2.75) is 37.5 Å². The van der Waals surface area contributed by atoms with Gasteiger partial charge >= 0.3 is 0 Å². The summed E-state index contributed by atoms with van der Waals surface area (Å²) in [7, 11) is 0. The normalized spacial score (nSPS) is 28.4. The van der Waals surface area contributed by atoms with Gasteiger partial charge in [-0.25, -0.2) is 0 Å². The minimum Gasteiger partial charge on any atom is -0.372 e. The summed E-state index contributed by atoms with van der Waals surface area (Å²) in [5, 5.41) is 4.06. The molecule has 0 N–H and O–H groups in total. The molecule has 114 valence electrons. The summed E-state index contributed by atoms with van der Waals surface area (Å²) in [6.07, 6.45) is 4.27. The largest absolute Gasteiger partial charge is 0.372 e.